The molecular formula is C14H20N2O2. The number of nitrogens with zero attached hydrogens (tertiary/aromatic N) is 2. The lowest BCUT2D eigenvalue weighted by molar-refractivity contribution is 0.395. The summed E-state index contributed by atoms with van der Waals surface area (Å²) in [6.45, 7) is 8.20. The van der Waals surface area contributed by atoms with Gasteiger partial charge in [0.25, 0.3) is 5.56 Å². The summed E-state index contributed by atoms with van der Waals surface area (Å²) in [5, 5.41) is 19.3. The number of aromatic nitrogens is 1. The summed E-state index contributed by atoms with van der Waals surface area (Å²) in [6.07, 6.45) is 1.72. The van der Waals surface area contributed by atoms with Crippen molar-refractivity contribution in [1.82, 2.24) is 4.57 Å². The monoisotopic (exact) mass is 248 g/mol. The van der Waals surface area contributed by atoms with Crippen molar-refractivity contribution in [1.29, 1.82) is 5.26 Å². The smallest absolute Gasteiger partial charge is 0.253 e. The fourth-order valence-corrected chi connectivity index (χ4v) is 1.87. The minimum Gasteiger partial charge on any atom is -0.493 e. The van der Waals surface area contributed by atoms with E-state index in [0.717, 1.165) is 12.8 Å². The molecule has 0 fully saturated rings. The highest BCUT2D eigenvalue weighted by Gasteiger charge is 2.23. The molecule has 0 aliphatic carbocycles. The van der Waals surface area contributed by atoms with Crippen LogP contribution in [0.1, 0.15) is 51.7 Å². The maximum absolute atomic E-state index is 12.0. The summed E-state index contributed by atoms with van der Waals surface area (Å²) in [7, 11) is 0. The predicted octanol–water partition coefficient (Wildman–Crippen LogP) is 2.52. The predicted molar refractivity (Wildman–Crippen MR) is 70.7 cm³/mol. The molecule has 98 valence electrons. The third-order valence-corrected chi connectivity index (χ3v) is 2.94. The quantitative estimate of drug-likeness (QED) is 0.893. The largest absolute Gasteiger partial charge is 0.493 e. The van der Waals surface area contributed by atoms with Crippen LogP contribution in [0.3, 0.4) is 0 Å². The van der Waals surface area contributed by atoms with Crippen molar-refractivity contribution < 1.29 is 5.11 Å². The molecular weight excluding hydrogens is 228 g/mol. The molecule has 0 bridgehead atoms. The van der Waals surface area contributed by atoms with Gasteiger partial charge in [0.05, 0.1) is 0 Å². The molecule has 0 aliphatic rings. The van der Waals surface area contributed by atoms with Crippen LogP contribution in [0.2, 0.25) is 0 Å². The number of hydrogen-bond donors (Lipinski definition) is 1. The van der Waals surface area contributed by atoms with E-state index in [0.29, 0.717) is 12.1 Å². The Balaban J connectivity index is 3.47. The lowest BCUT2D eigenvalue weighted by atomic mass is 9.84. The average molecular weight is 248 g/mol. The van der Waals surface area contributed by atoms with Gasteiger partial charge in [-0.15, -0.1) is 0 Å². The number of nitriles is 1. The van der Waals surface area contributed by atoms with Gasteiger partial charge in [-0.05, 0) is 17.4 Å². The van der Waals surface area contributed by atoms with Crippen LogP contribution in [0.15, 0.2) is 10.9 Å². The van der Waals surface area contributed by atoms with Crippen LogP contribution in [0.4, 0.5) is 0 Å². The van der Waals surface area contributed by atoms with Crippen molar-refractivity contribution in [2.24, 2.45) is 0 Å². The zero-order valence-corrected chi connectivity index (χ0v) is 11.4. The Hall–Kier alpha value is -1.76. The van der Waals surface area contributed by atoms with Gasteiger partial charge in [0.1, 0.15) is 11.6 Å². The lowest BCUT2D eigenvalue weighted by Gasteiger charge is -2.22. The van der Waals surface area contributed by atoms with Crippen LogP contribution in [-0.2, 0) is 12.0 Å². The van der Waals surface area contributed by atoms with E-state index >= 15 is 0 Å². The van der Waals surface area contributed by atoms with Crippen LogP contribution >= 0.6 is 0 Å². The normalized spacial score (nSPS) is 11.3. The lowest BCUT2D eigenvalue weighted by Crippen LogP contribution is -2.25. The van der Waals surface area contributed by atoms with Crippen molar-refractivity contribution in [2.45, 2.75) is 52.5 Å². The van der Waals surface area contributed by atoms with Gasteiger partial charge >= 0.3 is 0 Å². The topological polar surface area (TPSA) is 66.0 Å². The van der Waals surface area contributed by atoms with Crippen LogP contribution < -0.4 is 5.56 Å². The molecule has 1 rings (SSSR count). The fraction of sp³-hybridized carbons (Fsp3) is 0.571. The maximum Gasteiger partial charge on any atom is 0.253 e. The molecule has 1 aromatic heterocycles. The van der Waals surface area contributed by atoms with Gasteiger partial charge in [0, 0.05) is 12.6 Å². The Morgan fingerprint density at radius 3 is 2.50 bits per heavy atom. The molecule has 0 unspecified atom stereocenters. The van der Waals surface area contributed by atoms with E-state index in [9.17, 15) is 15.2 Å². The molecule has 1 N–H and O–H groups in total. The number of pyridine rings is 1. The van der Waals surface area contributed by atoms with Gasteiger partial charge in [-0.1, -0.05) is 34.1 Å². The molecule has 0 amide bonds. The molecule has 0 radical (unpaired) electrons. The fourth-order valence-electron chi connectivity index (χ4n) is 1.87. The first-order chi connectivity index (χ1) is 8.32. The van der Waals surface area contributed by atoms with Crippen molar-refractivity contribution in [2.75, 3.05) is 0 Å². The molecule has 0 aromatic carbocycles. The summed E-state index contributed by atoms with van der Waals surface area (Å²) in [5.74, 6) is -0.205. The van der Waals surface area contributed by atoms with Crippen LogP contribution in [0.25, 0.3) is 0 Å². The van der Waals surface area contributed by atoms with Gasteiger partial charge in [0.2, 0.25) is 5.88 Å². The van der Waals surface area contributed by atoms with Crippen molar-refractivity contribution in [3.63, 3.8) is 0 Å². The summed E-state index contributed by atoms with van der Waals surface area (Å²) in [4.78, 5) is 12.0. The SMILES string of the molecule is CCCCn1c(O)c(C#N)c(C(C)(C)C)cc1=O. The summed E-state index contributed by atoms with van der Waals surface area (Å²) >= 11 is 0. The summed E-state index contributed by atoms with van der Waals surface area (Å²) in [5.41, 5.74) is 0.217. The first-order valence-corrected chi connectivity index (χ1v) is 6.20. The Bertz CT molecular complexity index is 530. The van der Waals surface area contributed by atoms with Gasteiger partial charge in [-0.3, -0.25) is 9.36 Å². The van der Waals surface area contributed by atoms with Gasteiger partial charge in [0.15, 0.2) is 0 Å². The van der Waals surface area contributed by atoms with E-state index in [1.807, 2.05) is 33.8 Å². The van der Waals surface area contributed by atoms with Crippen LogP contribution in [0.5, 0.6) is 5.88 Å². The number of unbranched alkanes of at least 4 members (excludes halogenated alkanes) is 1. The highest BCUT2D eigenvalue weighted by Crippen LogP contribution is 2.29. The summed E-state index contributed by atoms with van der Waals surface area (Å²) < 4.78 is 1.28. The minimum atomic E-state index is -0.342. The second kappa shape index (κ2) is 5.26. The standard InChI is InChI=1S/C14H20N2O2/c1-5-6-7-16-12(17)8-11(14(2,3)4)10(9-15)13(16)18/h8,18H,5-7H2,1-4H3. The second-order valence-corrected chi connectivity index (χ2v) is 5.46. The van der Waals surface area contributed by atoms with E-state index in [4.69, 9.17) is 0 Å². The van der Waals surface area contributed by atoms with E-state index in [1.54, 1.807) is 0 Å². The van der Waals surface area contributed by atoms with Crippen LogP contribution in [-0.4, -0.2) is 9.67 Å². The molecule has 0 spiro atoms. The number of aromatic hydroxyl groups is 1. The Morgan fingerprint density at radius 1 is 1.44 bits per heavy atom. The molecule has 4 nitrogen and oxygen atoms in total. The zero-order valence-electron chi connectivity index (χ0n) is 11.4. The zero-order chi connectivity index (χ0) is 13.9. The molecule has 18 heavy (non-hydrogen) atoms. The molecule has 4 heteroatoms. The third kappa shape index (κ3) is 2.73. The number of hydrogen-bond acceptors (Lipinski definition) is 3. The van der Waals surface area contributed by atoms with Crippen molar-refractivity contribution >= 4 is 0 Å². The van der Waals surface area contributed by atoms with E-state index in [1.165, 1.54) is 10.6 Å². The minimum absolute atomic E-state index is 0.205. The number of rotatable bonds is 3. The second-order valence-electron chi connectivity index (χ2n) is 5.46. The van der Waals surface area contributed by atoms with E-state index in [-0.39, 0.29) is 22.4 Å². The molecule has 0 saturated carbocycles. The van der Waals surface area contributed by atoms with Gasteiger partial charge in [-0.25, -0.2) is 0 Å². The van der Waals surface area contributed by atoms with Crippen molar-refractivity contribution in [3.8, 4) is 11.9 Å². The summed E-state index contributed by atoms with van der Waals surface area (Å²) in [6, 6.07) is 3.47. The van der Waals surface area contributed by atoms with E-state index in [2.05, 4.69) is 0 Å². The Morgan fingerprint density at radius 2 is 2.06 bits per heavy atom. The molecule has 0 aliphatic heterocycles. The molecule has 1 heterocycles. The highest BCUT2D eigenvalue weighted by atomic mass is 16.3. The Labute approximate surface area is 107 Å². The van der Waals surface area contributed by atoms with Gasteiger partial charge < -0.3 is 5.11 Å². The third-order valence-electron chi connectivity index (χ3n) is 2.94. The molecule has 0 atom stereocenters. The van der Waals surface area contributed by atoms with E-state index < -0.39 is 0 Å². The first-order valence-electron chi connectivity index (χ1n) is 6.20. The first kappa shape index (κ1) is 14.3. The average Bonchev–Trinajstić information content (AvgIpc) is 2.27. The molecule has 0 saturated heterocycles. The van der Waals surface area contributed by atoms with Crippen molar-refractivity contribution in [3.05, 3.63) is 27.5 Å². The highest BCUT2D eigenvalue weighted by molar-refractivity contribution is 5.47. The van der Waals surface area contributed by atoms with Crippen LogP contribution in [0, 0.1) is 11.3 Å². The molecule has 1 aromatic rings. The Kier molecular flexibility index (Phi) is 4.18. The maximum atomic E-state index is 12.0. The van der Waals surface area contributed by atoms with Gasteiger partial charge in [-0.2, -0.15) is 5.26 Å².